The van der Waals surface area contributed by atoms with E-state index < -0.39 is 0 Å². The van der Waals surface area contributed by atoms with E-state index in [1.165, 1.54) is 0 Å². The van der Waals surface area contributed by atoms with Crippen molar-refractivity contribution in [2.45, 2.75) is 19.4 Å². The number of carbonyl (C=O) groups excluding carboxylic acids is 1. The number of pyridine rings is 1. The average molecular weight is 297 g/mol. The van der Waals surface area contributed by atoms with Gasteiger partial charge in [-0.2, -0.15) is 5.10 Å². The topological polar surface area (TPSA) is 71.0 Å². The molecular weight excluding hydrogens is 278 g/mol. The molecule has 0 aliphatic carbocycles. The first kappa shape index (κ1) is 14.4. The lowest BCUT2D eigenvalue weighted by atomic mass is 9.96. The highest BCUT2D eigenvalue weighted by Gasteiger charge is 2.25. The minimum atomic E-state index is 0.0737. The normalized spacial score (nSPS) is 15.5. The summed E-state index contributed by atoms with van der Waals surface area (Å²) < 4.78 is 0. The summed E-state index contributed by atoms with van der Waals surface area (Å²) in [4.78, 5) is 18.5. The predicted molar refractivity (Wildman–Crippen MR) is 83.1 cm³/mol. The lowest BCUT2D eigenvalue weighted by Gasteiger charge is -2.31. The first-order chi connectivity index (χ1) is 10.8. The van der Waals surface area contributed by atoms with Crippen LogP contribution in [0.4, 0.5) is 5.82 Å². The van der Waals surface area contributed by atoms with Crippen LogP contribution in [0, 0.1) is 5.92 Å². The summed E-state index contributed by atoms with van der Waals surface area (Å²) in [6.45, 7) is 2.21. The van der Waals surface area contributed by atoms with Gasteiger partial charge in [-0.15, -0.1) is 5.10 Å². The summed E-state index contributed by atoms with van der Waals surface area (Å²) in [5.74, 6) is 1.09. The Labute approximate surface area is 129 Å². The zero-order valence-corrected chi connectivity index (χ0v) is 12.4. The number of piperidine rings is 1. The van der Waals surface area contributed by atoms with E-state index in [1.807, 2.05) is 24.3 Å². The van der Waals surface area contributed by atoms with Gasteiger partial charge in [0.05, 0.1) is 0 Å². The maximum atomic E-state index is 12.2. The summed E-state index contributed by atoms with van der Waals surface area (Å²) in [5.41, 5.74) is 1.02. The van der Waals surface area contributed by atoms with E-state index in [0.29, 0.717) is 6.54 Å². The van der Waals surface area contributed by atoms with Crippen LogP contribution in [0.25, 0.3) is 0 Å². The fourth-order valence-electron chi connectivity index (χ4n) is 2.67. The van der Waals surface area contributed by atoms with E-state index in [2.05, 4.69) is 25.4 Å². The highest BCUT2D eigenvalue weighted by atomic mass is 16.1. The van der Waals surface area contributed by atoms with Gasteiger partial charge in [0.15, 0.2) is 5.82 Å². The zero-order chi connectivity index (χ0) is 15.2. The van der Waals surface area contributed by atoms with Crippen molar-refractivity contribution >= 4 is 11.7 Å². The molecule has 0 spiro atoms. The molecule has 6 nitrogen and oxygen atoms in total. The second kappa shape index (κ2) is 6.98. The van der Waals surface area contributed by atoms with Crippen molar-refractivity contribution in [3.05, 3.63) is 48.4 Å². The maximum absolute atomic E-state index is 12.2. The minimum absolute atomic E-state index is 0.0737. The second-order valence-electron chi connectivity index (χ2n) is 5.42. The largest absolute Gasteiger partial charge is 0.355 e. The molecule has 1 amide bonds. The molecule has 1 saturated heterocycles. The molecule has 6 heteroatoms. The molecule has 22 heavy (non-hydrogen) atoms. The highest BCUT2D eigenvalue weighted by Crippen LogP contribution is 2.21. The average Bonchev–Trinajstić information content (AvgIpc) is 2.61. The number of amides is 1. The van der Waals surface area contributed by atoms with Gasteiger partial charge in [0.2, 0.25) is 5.91 Å². The third-order valence-corrected chi connectivity index (χ3v) is 3.94. The summed E-state index contributed by atoms with van der Waals surface area (Å²) >= 11 is 0. The Morgan fingerprint density at radius 1 is 1.23 bits per heavy atom. The van der Waals surface area contributed by atoms with Crippen molar-refractivity contribution in [3.8, 4) is 0 Å². The Hall–Kier alpha value is -2.50. The van der Waals surface area contributed by atoms with E-state index in [-0.39, 0.29) is 11.8 Å². The first-order valence-electron chi connectivity index (χ1n) is 7.52. The molecular formula is C16H19N5O. The molecule has 0 bridgehead atoms. The van der Waals surface area contributed by atoms with Crippen LogP contribution < -0.4 is 10.2 Å². The molecule has 1 N–H and O–H groups in total. The molecule has 0 radical (unpaired) electrons. The molecule has 3 rings (SSSR count). The van der Waals surface area contributed by atoms with E-state index in [9.17, 15) is 4.79 Å². The van der Waals surface area contributed by atoms with Crippen molar-refractivity contribution in [2.75, 3.05) is 18.0 Å². The Balaban J connectivity index is 1.48. The number of hydrogen-bond donors (Lipinski definition) is 1. The molecule has 2 aromatic heterocycles. The van der Waals surface area contributed by atoms with E-state index >= 15 is 0 Å². The molecule has 0 saturated carbocycles. The Morgan fingerprint density at radius 2 is 2.05 bits per heavy atom. The zero-order valence-electron chi connectivity index (χ0n) is 12.4. The summed E-state index contributed by atoms with van der Waals surface area (Å²) in [7, 11) is 0. The highest BCUT2D eigenvalue weighted by molar-refractivity contribution is 5.78. The molecule has 2 aromatic rings. The number of nitrogens with one attached hydrogen (secondary N) is 1. The quantitative estimate of drug-likeness (QED) is 0.924. The first-order valence-corrected chi connectivity index (χ1v) is 7.52. The lowest BCUT2D eigenvalue weighted by molar-refractivity contribution is -0.125. The Kier molecular flexibility index (Phi) is 4.58. The fraction of sp³-hybridized carbons (Fsp3) is 0.375. The predicted octanol–water partition coefficient (Wildman–Crippen LogP) is 1.40. The number of aromatic nitrogens is 3. The number of hydrogen-bond acceptors (Lipinski definition) is 5. The van der Waals surface area contributed by atoms with Gasteiger partial charge in [-0.25, -0.2) is 0 Å². The van der Waals surface area contributed by atoms with E-state index in [0.717, 1.165) is 37.3 Å². The van der Waals surface area contributed by atoms with Crippen LogP contribution >= 0.6 is 0 Å². The van der Waals surface area contributed by atoms with Crippen LogP contribution in [-0.4, -0.2) is 34.2 Å². The summed E-state index contributed by atoms with van der Waals surface area (Å²) in [6, 6.07) is 7.68. The third-order valence-electron chi connectivity index (χ3n) is 3.94. The standard InChI is InChI=1S/C16H19N5O/c22-16(18-12-13-3-1-7-17-11-13)14-5-9-21(10-6-14)15-4-2-8-19-20-15/h1-4,7-8,11,14H,5-6,9-10,12H2,(H,18,22). The van der Waals surface area contributed by atoms with Crippen LogP contribution in [0.5, 0.6) is 0 Å². The summed E-state index contributed by atoms with van der Waals surface area (Å²) in [5, 5.41) is 11.0. The van der Waals surface area contributed by atoms with Gasteiger partial charge in [-0.3, -0.25) is 9.78 Å². The van der Waals surface area contributed by atoms with Gasteiger partial charge in [0.1, 0.15) is 0 Å². The Morgan fingerprint density at radius 3 is 2.73 bits per heavy atom. The SMILES string of the molecule is O=C(NCc1cccnc1)C1CCN(c2cccnn2)CC1. The van der Waals surface area contributed by atoms with Gasteiger partial charge in [-0.1, -0.05) is 6.07 Å². The molecule has 0 atom stereocenters. The van der Waals surface area contributed by atoms with Crippen molar-refractivity contribution in [1.29, 1.82) is 0 Å². The van der Waals surface area contributed by atoms with Crippen LogP contribution in [0.15, 0.2) is 42.9 Å². The molecule has 3 heterocycles. The molecule has 1 aliphatic rings. The van der Waals surface area contributed by atoms with Crippen LogP contribution in [0.3, 0.4) is 0 Å². The monoisotopic (exact) mass is 297 g/mol. The van der Waals surface area contributed by atoms with Gasteiger partial charge in [-0.05, 0) is 36.6 Å². The lowest BCUT2D eigenvalue weighted by Crippen LogP contribution is -2.40. The van der Waals surface area contributed by atoms with Crippen molar-refractivity contribution in [3.63, 3.8) is 0 Å². The summed E-state index contributed by atoms with van der Waals surface area (Å²) in [6.07, 6.45) is 6.86. The van der Waals surface area contributed by atoms with Crippen molar-refractivity contribution in [2.24, 2.45) is 5.92 Å². The Bertz CT molecular complexity index is 596. The number of rotatable bonds is 4. The van der Waals surface area contributed by atoms with Crippen LogP contribution in [-0.2, 0) is 11.3 Å². The van der Waals surface area contributed by atoms with Gasteiger partial charge in [0.25, 0.3) is 0 Å². The van der Waals surface area contributed by atoms with Crippen molar-refractivity contribution in [1.82, 2.24) is 20.5 Å². The third kappa shape index (κ3) is 3.58. The molecule has 0 unspecified atom stereocenters. The number of carbonyl (C=O) groups is 1. The molecule has 114 valence electrons. The number of nitrogens with zero attached hydrogens (tertiary/aromatic N) is 4. The number of anilines is 1. The molecule has 1 aliphatic heterocycles. The van der Waals surface area contributed by atoms with Gasteiger partial charge >= 0.3 is 0 Å². The maximum Gasteiger partial charge on any atom is 0.223 e. The minimum Gasteiger partial charge on any atom is -0.355 e. The second-order valence-corrected chi connectivity index (χ2v) is 5.42. The molecule has 1 fully saturated rings. The van der Waals surface area contributed by atoms with Crippen LogP contribution in [0.2, 0.25) is 0 Å². The smallest absolute Gasteiger partial charge is 0.223 e. The van der Waals surface area contributed by atoms with E-state index in [1.54, 1.807) is 18.6 Å². The van der Waals surface area contributed by atoms with E-state index in [4.69, 9.17) is 0 Å². The fourth-order valence-corrected chi connectivity index (χ4v) is 2.67. The van der Waals surface area contributed by atoms with Crippen molar-refractivity contribution < 1.29 is 4.79 Å². The van der Waals surface area contributed by atoms with Gasteiger partial charge in [0, 0.05) is 44.1 Å². The van der Waals surface area contributed by atoms with Crippen LogP contribution in [0.1, 0.15) is 18.4 Å². The van der Waals surface area contributed by atoms with Gasteiger partial charge < -0.3 is 10.2 Å². The molecule has 0 aromatic carbocycles.